The first-order valence-electron chi connectivity index (χ1n) is 9.20. The van der Waals surface area contributed by atoms with Gasteiger partial charge in [-0.3, -0.25) is 5.10 Å². The van der Waals surface area contributed by atoms with Crippen molar-refractivity contribution in [2.45, 2.75) is 58.8 Å². The molecule has 136 valence electrons. The number of aromatic amines is 1. The summed E-state index contributed by atoms with van der Waals surface area (Å²) in [5, 5.41) is 15.8. The molecule has 0 unspecified atom stereocenters. The Balaban J connectivity index is 2.08. The molecule has 0 bridgehead atoms. The zero-order valence-electron chi connectivity index (χ0n) is 15.2. The lowest BCUT2D eigenvalue weighted by Gasteiger charge is -2.11. The van der Waals surface area contributed by atoms with Crippen molar-refractivity contribution in [1.82, 2.24) is 10.2 Å². The zero-order valence-corrected chi connectivity index (χ0v) is 15.2. The molecule has 0 saturated heterocycles. The molecule has 0 spiro atoms. The Morgan fingerprint density at radius 1 is 1.12 bits per heavy atom. The van der Waals surface area contributed by atoms with Crippen LogP contribution >= 0.6 is 0 Å². The van der Waals surface area contributed by atoms with E-state index >= 15 is 0 Å². The van der Waals surface area contributed by atoms with Gasteiger partial charge >= 0.3 is 5.97 Å². The predicted octanol–water partition coefficient (Wildman–Crippen LogP) is 5.08. The molecule has 0 atom stereocenters. The van der Waals surface area contributed by atoms with Gasteiger partial charge in [-0.25, -0.2) is 4.79 Å². The van der Waals surface area contributed by atoms with Crippen molar-refractivity contribution in [2.75, 3.05) is 6.61 Å². The van der Waals surface area contributed by atoms with Crippen molar-refractivity contribution in [2.24, 2.45) is 0 Å². The Morgan fingerprint density at radius 2 is 1.88 bits per heavy atom. The second kappa shape index (κ2) is 9.87. The first kappa shape index (κ1) is 19.0. The van der Waals surface area contributed by atoms with E-state index in [1.54, 1.807) is 6.07 Å². The summed E-state index contributed by atoms with van der Waals surface area (Å²) in [6.07, 6.45) is 8.62. The lowest BCUT2D eigenvalue weighted by molar-refractivity contribution is 0.0690. The van der Waals surface area contributed by atoms with E-state index in [9.17, 15) is 4.79 Å². The minimum Gasteiger partial charge on any atom is -0.493 e. The molecule has 0 saturated carbocycles. The van der Waals surface area contributed by atoms with Gasteiger partial charge in [0.25, 0.3) is 0 Å². The average molecular weight is 344 g/mol. The number of unbranched alkanes of at least 4 members (excludes halogenated alkanes) is 5. The second-order valence-corrected chi connectivity index (χ2v) is 6.25. The molecule has 0 radical (unpaired) electrons. The number of aromatic carboxylic acids is 1. The second-order valence-electron chi connectivity index (χ2n) is 6.25. The largest absolute Gasteiger partial charge is 0.493 e. The first-order valence-corrected chi connectivity index (χ1v) is 9.20. The van der Waals surface area contributed by atoms with Crippen LogP contribution < -0.4 is 4.74 Å². The maximum absolute atomic E-state index is 11.1. The van der Waals surface area contributed by atoms with Crippen LogP contribution in [0.2, 0.25) is 0 Å². The van der Waals surface area contributed by atoms with Gasteiger partial charge < -0.3 is 9.84 Å². The Labute approximate surface area is 149 Å². The quantitative estimate of drug-likeness (QED) is 0.558. The fourth-order valence-electron chi connectivity index (χ4n) is 2.89. The van der Waals surface area contributed by atoms with Crippen LogP contribution in [0.3, 0.4) is 0 Å². The molecule has 1 aromatic carbocycles. The van der Waals surface area contributed by atoms with E-state index in [2.05, 4.69) is 29.3 Å². The van der Waals surface area contributed by atoms with Crippen LogP contribution in [0.5, 0.6) is 5.75 Å². The lowest BCUT2D eigenvalue weighted by Crippen LogP contribution is -1.96. The third kappa shape index (κ3) is 5.62. The number of aromatic nitrogens is 2. The highest BCUT2D eigenvalue weighted by Gasteiger charge is 2.14. The van der Waals surface area contributed by atoms with E-state index in [0.717, 1.165) is 24.2 Å². The number of hydrogen-bond donors (Lipinski definition) is 2. The van der Waals surface area contributed by atoms with Gasteiger partial charge in [-0.15, -0.1) is 0 Å². The van der Waals surface area contributed by atoms with Crippen LogP contribution in [0, 0.1) is 0 Å². The molecule has 5 heteroatoms. The normalized spacial score (nSPS) is 10.8. The molecule has 1 aromatic heterocycles. The summed E-state index contributed by atoms with van der Waals surface area (Å²) in [7, 11) is 0. The van der Waals surface area contributed by atoms with E-state index in [0.29, 0.717) is 12.3 Å². The maximum Gasteiger partial charge on any atom is 0.353 e. The number of ether oxygens (including phenoxy) is 1. The van der Waals surface area contributed by atoms with Gasteiger partial charge in [0.1, 0.15) is 11.4 Å². The zero-order chi connectivity index (χ0) is 18.1. The highest BCUT2D eigenvalue weighted by Crippen LogP contribution is 2.31. The van der Waals surface area contributed by atoms with Crippen molar-refractivity contribution in [3.8, 4) is 17.0 Å². The Morgan fingerprint density at radius 3 is 2.56 bits per heavy atom. The average Bonchev–Trinajstić information content (AvgIpc) is 3.09. The molecule has 2 N–H and O–H groups in total. The van der Waals surface area contributed by atoms with Crippen LogP contribution in [0.15, 0.2) is 24.3 Å². The molecule has 0 aliphatic rings. The monoisotopic (exact) mass is 344 g/mol. The molecular weight excluding hydrogens is 316 g/mol. The molecule has 0 amide bonds. The summed E-state index contributed by atoms with van der Waals surface area (Å²) in [5.74, 6) is -0.280. The SMILES string of the molecule is CCCCCCCCc1ccc(OCC)c(-c2cc(C(=O)O)[nH]n2)c1. The molecule has 0 fully saturated rings. The van der Waals surface area contributed by atoms with Gasteiger partial charge in [0.2, 0.25) is 0 Å². The minimum absolute atomic E-state index is 0.0822. The number of aryl methyl sites for hydroxylation is 1. The number of nitrogens with one attached hydrogen (secondary N) is 1. The van der Waals surface area contributed by atoms with Crippen molar-refractivity contribution in [3.05, 3.63) is 35.5 Å². The predicted molar refractivity (Wildman–Crippen MR) is 99.2 cm³/mol. The highest BCUT2D eigenvalue weighted by molar-refractivity contribution is 5.87. The topological polar surface area (TPSA) is 75.2 Å². The van der Waals surface area contributed by atoms with Crippen LogP contribution in [0.1, 0.15) is 68.4 Å². The van der Waals surface area contributed by atoms with Crippen molar-refractivity contribution in [1.29, 1.82) is 0 Å². The van der Waals surface area contributed by atoms with Crippen molar-refractivity contribution >= 4 is 5.97 Å². The van der Waals surface area contributed by atoms with Crippen LogP contribution in [-0.2, 0) is 6.42 Å². The number of H-pyrrole nitrogens is 1. The van der Waals surface area contributed by atoms with E-state index < -0.39 is 5.97 Å². The summed E-state index contributed by atoms with van der Waals surface area (Å²) >= 11 is 0. The van der Waals surface area contributed by atoms with Crippen LogP contribution in [0.4, 0.5) is 0 Å². The summed E-state index contributed by atoms with van der Waals surface area (Å²) < 4.78 is 5.68. The molecule has 0 aliphatic heterocycles. The highest BCUT2D eigenvalue weighted by atomic mass is 16.5. The van der Waals surface area contributed by atoms with Gasteiger partial charge in [0, 0.05) is 5.56 Å². The number of carboxylic acid groups (broad SMARTS) is 1. The van der Waals surface area contributed by atoms with E-state index in [1.807, 2.05) is 13.0 Å². The smallest absolute Gasteiger partial charge is 0.353 e. The fourth-order valence-corrected chi connectivity index (χ4v) is 2.89. The number of benzene rings is 1. The Bertz CT molecular complexity index is 679. The Hall–Kier alpha value is -2.30. The van der Waals surface area contributed by atoms with Gasteiger partial charge in [0.15, 0.2) is 0 Å². The molecule has 2 rings (SSSR count). The van der Waals surface area contributed by atoms with E-state index in [1.165, 1.54) is 37.7 Å². The molecular formula is C20H28N2O3. The van der Waals surface area contributed by atoms with Crippen LogP contribution in [0.25, 0.3) is 11.3 Å². The number of hydrogen-bond acceptors (Lipinski definition) is 3. The van der Waals surface area contributed by atoms with Crippen molar-refractivity contribution in [3.63, 3.8) is 0 Å². The van der Waals surface area contributed by atoms with E-state index in [4.69, 9.17) is 9.84 Å². The third-order valence-corrected chi connectivity index (χ3v) is 4.25. The number of carboxylic acids is 1. The summed E-state index contributed by atoms with van der Waals surface area (Å²) in [6.45, 7) is 4.72. The molecule has 25 heavy (non-hydrogen) atoms. The molecule has 2 aromatic rings. The number of nitrogens with zero attached hydrogens (tertiary/aromatic N) is 1. The van der Waals surface area contributed by atoms with Gasteiger partial charge in [-0.1, -0.05) is 45.1 Å². The third-order valence-electron chi connectivity index (χ3n) is 4.25. The van der Waals surface area contributed by atoms with Gasteiger partial charge in [-0.05, 0) is 43.5 Å². The molecule has 1 heterocycles. The number of carbonyl (C=O) groups is 1. The first-order chi connectivity index (χ1) is 12.2. The van der Waals surface area contributed by atoms with E-state index in [-0.39, 0.29) is 5.69 Å². The summed E-state index contributed by atoms with van der Waals surface area (Å²) in [4.78, 5) is 11.1. The van der Waals surface area contributed by atoms with Gasteiger partial charge in [0.05, 0.1) is 12.3 Å². The summed E-state index contributed by atoms with van der Waals surface area (Å²) in [6, 6.07) is 7.67. The summed E-state index contributed by atoms with van der Waals surface area (Å²) in [5.41, 5.74) is 2.76. The van der Waals surface area contributed by atoms with Crippen molar-refractivity contribution < 1.29 is 14.6 Å². The number of rotatable bonds is 11. The Kier molecular flexibility index (Phi) is 7.51. The van der Waals surface area contributed by atoms with Crippen LogP contribution in [-0.4, -0.2) is 27.9 Å². The minimum atomic E-state index is -1.01. The maximum atomic E-state index is 11.1. The standard InChI is InChI=1S/C20H28N2O3/c1-3-5-6-7-8-9-10-15-11-12-19(25-4-2)16(13-15)17-14-18(20(23)24)22-21-17/h11-14H,3-10H2,1-2H3,(H,21,22)(H,23,24). The molecule has 0 aliphatic carbocycles. The fraction of sp³-hybridized carbons (Fsp3) is 0.500. The molecule has 5 nitrogen and oxygen atoms in total. The lowest BCUT2D eigenvalue weighted by atomic mass is 10.0. The van der Waals surface area contributed by atoms with Gasteiger partial charge in [-0.2, -0.15) is 5.10 Å².